The number of halogens is 4. The second-order valence-corrected chi connectivity index (χ2v) is 5.57. The zero-order valence-corrected chi connectivity index (χ0v) is 12.6. The van der Waals surface area contributed by atoms with Gasteiger partial charge in [0.2, 0.25) is 0 Å². The van der Waals surface area contributed by atoms with Gasteiger partial charge in [0, 0.05) is 24.4 Å². The Morgan fingerprint density at radius 1 is 1.05 bits per heavy atom. The minimum absolute atomic E-state index is 0.143. The Morgan fingerprint density at radius 2 is 1.71 bits per heavy atom. The number of hydrogen-bond donors (Lipinski definition) is 0. The minimum Gasteiger partial charge on any atom is -0.339 e. The van der Waals surface area contributed by atoms with Crippen LogP contribution in [-0.2, 0) is 6.54 Å². The fourth-order valence-corrected chi connectivity index (χ4v) is 2.66. The molecular weight excluding hydrogens is 345 g/mol. The number of nitrogens with zero attached hydrogens (tertiary/aromatic N) is 2. The molecule has 0 radical (unpaired) electrons. The van der Waals surface area contributed by atoms with Gasteiger partial charge < -0.3 is 4.57 Å². The molecule has 2 aromatic heterocycles. The second kappa shape index (κ2) is 5.18. The summed E-state index contributed by atoms with van der Waals surface area (Å²) in [6.07, 6.45) is 0. The van der Waals surface area contributed by atoms with Gasteiger partial charge in [0.1, 0.15) is 16.2 Å². The molecule has 0 fully saturated rings. The summed E-state index contributed by atoms with van der Waals surface area (Å²) in [7, 11) is 0. The van der Waals surface area contributed by atoms with E-state index in [2.05, 4.69) is 20.9 Å². The van der Waals surface area contributed by atoms with Crippen molar-refractivity contribution in [2.75, 3.05) is 0 Å². The average Bonchev–Trinajstić information content (AvgIpc) is 2.65. The van der Waals surface area contributed by atoms with E-state index in [0.29, 0.717) is 16.6 Å². The fraction of sp³-hybridized carbons (Fsp3) is 0.133. The number of pyridine rings is 1. The van der Waals surface area contributed by atoms with Crippen molar-refractivity contribution in [1.29, 1.82) is 0 Å². The first-order chi connectivity index (χ1) is 9.94. The second-order valence-electron chi connectivity index (χ2n) is 4.81. The van der Waals surface area contributed by atoms with Crippen molar-refractivity contribution in [3.8, 4) is 0 Å². The van der Waals surface area contributed by atoms with Crippen molar-refractivity contribution < 1.29 is 13.2 Å². The van der Waals surface area contributed by atoms with E-state index in [1.165, 1.54) is 18.2 Å². The van der Waals surface area contributed by atoms with E-state index in [9.17, 15) is 13.2 Å². The molecule has 21 heavy (non-hydrogen) atoms. The van der Waals surface area contributed by atoms with Gasteiger partial charge in [-0.25, -0.2) is 18.2 Å². The molecule has 1 aromatic carbocycles. The first-order valence-corrected chi connectivity index (χ1v) is 7.00. The van der Waals surface area contributed by atoms with Crippen molar-refractivity contribution in [2.45, 2.75) is 13.5 Å². The molecule has 0 aliphatic heterocycles. The molecule has 2 heterocycles. The zero-order valence-electron chi connectivity index (χ0n) is 11.0. The monoisotopic (exact) mass is 354 g/mol. The van der Waals surface area contributed by atoms with Crippen molar-refractivity contribution in [3.05, 3.63) is 63.6 Å². The number of rotatable bonds is 2. The Labute approximate surface area is 127 Å². The molecule has 0 N–H and O–H groups in total. The Bertz CT molecular complexity index is 822. The van der Waals surface area contributed by atoms with Crippen LogP contribution in [0.1, 0.15) is 11.3 Å². The standard InChI is InChI=1S/C15H10BrF3N2/c1-8-2-13-14(6-12(19)15(16)20-13)21(8)7-9-3-10(17)5-11(18)4-9/h2-6H,7H2,1H3. The normalized spacial score (nSPS) is 11.3. The summed E-state index contributed by atoms with van der Waals surface area (Å²) in [5, 5.41) is 0. The summed E-state index contributed by atoms with van der Waals surface area (Å²) >= 11 is 3.04. The quantitative estimate of drug-likeness (QED) is 0.616. The van der Waals surface area contributed by atoms with Crippen LogP contribution in [0.15, 0.2) is 34.9 Å². The van der Waals surface area contributed by atoms with Crippen LogP contribution >= 0.6 is 15.9 Å². The number of aryl methyl sites for hydroxylation is 1. The molecule has 3 aromatic rings. The van der Waals surface area contributed by atoms with Crippen LogP contribution in [0.2, 0.25) is 0 Å². The molecule has 6 heteroatoms. The SMILES string of the molecule is Cc1cc2nc(Br)c(F)cc2n1Cc1cc(F)cc(F)c1. The predicted molar refractivity (Wildman–Crippen MR) is 77.6 cm³/mol. The Kier molecular flexibility index (Phi) is 3.49. The molecule has 2 nitrogen and oxygen atoms in total. The lowest BCUT2D eigenvalue weighted by Gasteiger charge is -2.09. The lowest BCUT2D eigenvalue weighted by Crippen LogP contribution is -2.03. The van der Waals surface area contributed by atoms with Gasteiger partial charge >= 0.3 is 0 Å². The van der Waals surface area contributed by atoms with Gasteiger partial charge in [0.25, 0.3) is 0 Å². The van der Waals surface area contributed by atoms with E-state index >= 15 is 0 Å². The summed E-state index contributed by atoms with van der Waals surface area (Å²) in [5.74, 6) is -1.75. The van der Waals surface area contributed by atoms with Crippen molar-refractivity contribution in [1.82, 2.24) is 9.55 Å². The van der Waals surface area contributed by atoms with Crippen LogP contribution < -0.4 is 0 Å². The van der Waals surface area contributed by atoms with Crippen molar-refractivity contribution in [2.24, 2.45) is 0 Å². The van der Waals surface area contributed by atoms with Gasteiger partial charge in [-0.1, -0.05) is 0 Å². The molecule has 3 rings (SSSR count). The summed E-state index contributed by atoms with van der Waals surface area (Å²) in [5.41, 5.74) is 2.51. The van der Waals surface area contributed by atoms with E-state index in [-0.39, 0.29) is 11.1 Å². The summed E-state index contributed by atoms with van der Waals surface area (Å²) in [4.78, 5) is 4.11. The highest BCUT2D eigenvalue weighted by molar-refractivity contribution is 9.10. The van der Waals surface area contributed by atoms with Gasteiger partial charge in [-0.15, -0.1) is 0 Å². The zero-order chi connectivity index (χ0) is 15.1. The molecule has 0 saturated carbocycles. The number of hydrogen-bond acceptors (Lipinski definition) is 1. The highest BCUT2D eigenvalue weighted by atomic mass is 79.9. The molecular formula is C15H10BrF3N2. The number of benzene rings is 1. The molecule has 0 unspecified atom stereocenters. The van der Waals surface area contributed by atoms with E-state index < -0.39 is 17.5 Å². The van der Waals surface area contributed by atoms with Crippen LogP contribution in [0.3, 0.4) is 0 Å². The maximum atomic E-state index is 13.7. The van der Waals surface area contributed by atoms with Crippen LogP contribution in [0.4, 0.5) is 13.2 Å². The van der Waals surface area contributed by atoms with Crippen LogP contribution in [0.25, 0.3) is 11.0 Å². The van der Waals surface area contributed by atoms with Gasteiger partial charge in [-0.05, 0) is 46.6 Å². The van der Waals surface area contributed by atoms with E-state index in [0.717, 1.165) is 11.8 Å². The van der Waals surface area contributed by atoms with Gasteiger partial charge in [0.15, 0.2) is 5.82 Å². The molecule has 0 amide bonds. The van der Waals surface area contributed by atoms with E-state index in [1.54, 1.807) is 10.6 Å². The molecule has 0 aliphatic carbocycles. The molecule has 108 valence electrons. The maximum absolute atomic E-state index is 13.7. The molecule has 0 aliphatic rings. The summed E-state index contributed by atoms with van der Waals surface area (Å²) < 4.78 is 42.1. The lowest BCUT2D eigenvalue weighted by molar-refractivity contribution is 0.577. The lowest BCUT2D eigenvalue weighted by atomic mass is 10.2. The van der Waals surface area contributed by atoms with E-state index in [1.807, 2.05) is 6.92 Å². The summed E-state index contributed by atoms with van der Waals surface area (Å²) in [6, 6.07) is 6.50. The third kappa shape index (κ3) is 2.68. The van der Waals surface area contributed by atoms with Crippen LogP contribution in [0, 0.1) is 24.4 Å². The van der Waals surface area contributed by atoms with Gasteiger partial charge in [-0.3, -0.25) is 0 Å². The number of fused-ring (bicyclic) bond motifs is 1. The highest BCUT2D eigenvalue weighted by Crippen LogP contribution is 2.24. The van der Waals surface area contributed by atoms with Crippen molar-refractivity contribution >= 4 is 27.0 Å². The van der Waals surface area contributed by atoms with Crippen molar-refractivity contribution in [3.63, 3.8) is 0 Å². The van der Waals surface area contributed by atoms with Gasteiger partial charge in [0.05, 0.1) is 11.0 Å². The third-order valence-electron chi connectivity index (χ3n) is 3.27. The Morgan fingerprint density at radius 3 is 2.38 bits per heavy atom. The number of aromatic nitrogens is 2. The molecule has 0 spiro atoms. The molecule has 0 bridgehead atoms. The first kappa shape index (κ1) is 14.1. The average molecular weight is 355 g/mol. The minimum atomic E-state index is -0.633. The largest absolute Gasteiger partial charge is 0.339 e. The predicted octanol–water partition coefficient (Wildman–Crippen LogP) is 4.57. The van der Waals surface area contributed by atoms with Crippen LogP contribution in [0.5, 0.6) is 0 Å². The summed E-state index contributed by atoms with van der Waals surface area (Å²) in [6.45, 7) is 2.08. The molecule has 0 saturated heterocycles. The maximum Gasteiger partial charge on any atom is 0.158 e. The van der Waals surface area contributed by atoms with Crippen LogP contribution in [-0.4, -0.2) is 9.55 Å². The Hall–Kier alpha value is -1.82. The molecule has 0 atom stereocenters. The highest BCUT2D eigenvalue weighted by Gasteiger charge is 2.12. The topological polar surface area (TPSA) is 17.8 Å². The fourth-order valence-electron chi connectivity index (χ4n) is 2.35. The first-order valence-electron chi connectivity index (χ1n) is 6.21. The van der Waals surface area contributed by atoms with Gasteiger partial charge in [-0.2, -0.15) is 0 Å². The Balaban J connectivity index is 2.11. The van der Waals surface area contributed by atoms with E-state index in [4.69, 9.17) is 0 Å². The third-order valence-corrected chi connectivity index (χ3v) is 3.82. The smallest absolute Gasteiger partial charge is 0.158 e.